The monoisotopic (exact) mass is 446 g/mol. The molecule has 0 aliphatic rings. The van der Waals surface area contributed by atoms with Crippen LogP contribution in [-0.4, -0.2) is 39.2 Å². The molecule has 0 bridgehead atoms. The number of carbonyl (C=O) groups excluding carboxylic acids is 1. The molecule has 0 unspecified atom stereocenters. The summed E-state index contributed by atoms with van der Waals surface area (Å²) in [6.45, 7) is 1.62. The number of aliphatic hydroxyl groups is 1. The van der Waals surface area contributed by atoms with Gasteiger partial charge in [-0.25, -0.2) is 14.2 Å². The molecule has 0 aliphatic carbocycles. The van der Waals surface area contributed by atoms with Gasteiger partial charge in [0.2, 0.25) is 0 Å². The second-order valence-electron chi connectivity index (χ2n) is 7.06. The number of oxazole rings is 1. The van der Waals surface area contributed by atoms with Gasteiger partial charge in [-0.1, -0.05) is 35.9 Å². The first-order valence-electron chi connectivity index (χ1n) is 9.41. The lowest BCUT2D eigenvalue weighted by Crippen LogP contribution is -2.40. The van der Waals surface area contributed by atoms with Crippen LogP contribution < -0.4 is 5.32 Å². The average molecular weight is 447 g/mol. The number of benzene rings is 2. The lowest BCUT2D eigenvalue weighted by molar-refractivity contribution is -0.147. The van der Waals surface area contributed by atoms with Crippen LogP contribution in [0.5, 0.6) is 0 Å². The molecule has 0 fully saturated rings. The number of hydrogen-bond acceptors (Lipinski definition) is 5. The van der Waals surface area contributed by atoms with Crippen molar-refractivity contribution in [2.75, 3.05) is 0 Å². The molecule has 3 aromatic rings. The number of hydrogen-bond donors (Lipinski definition) is 3. The van der Waals surface area contributed by atoms with Gasteiger partial charge in [-0.3, -0.25) is 4.79 Å². The predicted molar refractivity (Wildman–Crippen MR) is 111 cm³/mol. The standard InChI is InChI=1S/C22H20ClFN2O5/c1-12-11-25-21(31-12)20(28)26-16(10-19(27)22(29)30)7-13-5-6-17(18(24)8-13)14-3-2-4-15(23)9-14/h2-6,8-9,11,16,19,27H,7,10H2,1H3,(H,26,28)(H,29,30)/t16-,19-/m1/s1. The van der Waals surface area contributed by atoms with E-state index in [-0.39, 0.29) is 18.7 Å². The highest BCUT2D eigenvalue weighted by molar-refractivity contribution is 6.30. The number of carboxylic acid groups (broad SMARTS) is 1. The van der Waals surface area contributed by atoms with Crippen LogP contribution in [0.3, 0.4) is 0 Å². The van der Waals surface area contributed by atoms with Crippen LogP contribution in [0.4, 0.5) is 4.39 Å². The maximum Gasteiger partial charge on any atom is 0.332 e. The number of carboxylic acids is 1. The number of nitrogens with zero attached hydrogens (tertiary/aromatic N) is 1. The zero-order valence-corrected chi connectivity index (χ0v) is 17.3. The highest BCUT2D eigenvalue weighted by atomic mass is 35.5. The summed E-state index contributed by atoms with van der Waals surface area (Å²) in [5.74, 6) is -2.33. The number of aromatic nitrogens is 1. The topological polar surface area (TPSA) is 113 Å². The van der Waals surface area contributed by atoms with Crippen molar-refractivity contribution in [1.29, 1.82) is 0 Å². The van der Waals surface area contributed by atoms with E-state index in [4.69, 9.17) is 21.1 Å². The van der Waals surface area contributed by atoms with Gasteiger partial charge in [0.25, 0.3) is 5.89 Å². The van der Waals surface area contributed by atoms with Gasteiger partial charge in [-0.2, -0.15) is 0 Å². The van der Waals surface area contributed by atoms with E-state index < -0.39 is 29.8 Å². The van der Waals surface area contributed by atoms with Crippen molar-refractivity contribution in [3.63, 3.8) is 0 Å². The first-order chi connectivity index (χ1) is 14.7. The second-order valence-corrected chi connectivity index (χ2v) is 7.50. The molecule has 2 atom stereocenters. The van der Waals surface area contributed by atoms with E-state index in [1.165, 1.54) is 12.3 Å². The second kappa shape index (κ2) is 9.72. The quantitative estimate of drug-likeness (QED) is 0.487. The van der Waals surface area contributed by atoms with Gasteiger partial charge in [0.05, 0.1) is 6.20 Å². The largest absolute Gasteiger partial charge is 0.479 e. The van der Waals surface area contributed by atoms with Crippen molar-refractivity contribution in [2.45, 2.75) is 31.9 Å². The van der Waals surface area contributed by atoms with Gasteiger partial charge in [0.1, 0.15) is 11.6 Å². The van der Waals surface area contributed by atoms with E-state index in [1.54, 1.807) is 43.3 Å². The number of aliphatic carboxylic acids is 1. The highest BCUT2D eigenvalue weighted by Crippen LogP contribution is 2.26. The Morgan fingerprint density at radius 2 is 2.03 bits per heavy atom. The fraction of sp³-hybridized carbons (Fsp3) is 0.227. The molecule has 7 nitrogen and oxygen atoms in total. The van der Waals surface area contributed by atoms with E-state index in [0.717, 1.165) is 0 Å². The van der Waals surface area contributed by atoms with Crippen LogP contribution in [0, 0.1) is 12.7 Å². The molecule has 3 N–H and O–H groups in total. The number of rotatable bonds is 8. The maximum absolute atomic E-state index is 14.7. The van der Waals surface area contributed by atoms with Crippen molar-refractivity contribution >= 4 is 23.5 Å². The Morgan fingerprint density at radius 3 is 2.65 bits per heavy atom. The van der Waals surface area contributed by atoms with Crippen LogP contribution in [0.2, 0.25) is 5.02 Å². The normalized spacial score (nSPS) is 12.9. The number of nitrogens with one attached hydrogen (secondary N) is 1. The minimum atomic E-state index is -1.70. The Balaban J connectivity index is 1.80. The average Bonchev–Trinajstić information content (AvgIpc) is 3.14. The number of carbonyl (C=O) groups is 2. The molecule has 1 heterocycles. The van der Waals surface area contributed by atoms with E-state index >= 15 is 0 Å². The fourth-order valence-corrected chi connectivity index (χ4v) is 3.32. The molecule has 2 aromatic carbocycles. The van der Waals surface area contributed by atoms with Crippen LogP contribution in [0.15, 0.2) is 53.1 Å². The lowest BCUT2D eigenvalue weighted by Gasteiger charge is -2.20. The van der Waals surface area contributed by atoms with Gasteiger partial charge in [-0.15, -0.1) is 0 Å². The number of aliphatic hydroxyl groups excluding tert-OH is 1. The lowest BCUT2D eigenvalue weighted by atomic mass is 9.97. The molecule has 0 saturated heterocycles. The summed E-state index contributed by atoms with van der Waals surface area (Å²) in [6, 6.07) is 10.5. The summed E-state index contributed by atoms with van der Waals surface area (Å²) >= 11 is 5.97. The SMILES string of the molecule is Cc1cnc(C(=O)N[C@H](Cc2ccc(-c3cccc(Cl)c3)c(F)c2)C[C@@H](O)C(=O)O)o1. The third-order valence-corrected chi connectivity index (χ3v) is 4.83. The molecule has 9 heteroatoms. The molecule has 162 valence electrons. The molecule has 1 aromatic heterocycles. The van der Waals surface area contributed by atoms with Gasteiger partial charge in [0, 0.05) is 23.0 Å². The van der Waals surface area contributed by atoms with Crippen molar-refractivity contribution in [3.05, 3.63) is 76.7 Å². The summed E-state index contributed by atoms with van der Waals surface area (Å²) in [7, 11) is 0. The van der Waals surface area contributed by atoms with E-state index in [1.807, 2.05) is 0 Å². The summed E-state index contributed by atoms with van der Waals surface area (Å²) in [4.78, 5) is 27.3. The molecule has 1 amide bonds. The molecular weight excluding hydrogens is 427 g/mol. The summed E-state index contributed by atoms with van der Waals surface area (Å²) < 4.78 is 19.9. The predicted octanol–water partition coefficient (Wildman–Crippen LogP) is 3.62. The first kappa shape index (κ1) is 22.5. The van der Waals surface area contributed by atoms with Gasteiger partial charge >= 0.3 is 11.9 Å². The van der Waals surface area contributed by atoms with Crippen molar-refractivity contribution in [2.24, 2.45) is 0 Å². The van der Waals surface area contributed by atoms with E-state index in [2.05, 4.69) is 10.3 Å². The highest BCUT2D eigenvalue weighted by Gasteiger charge is 2.24. The minimum absolute atomic E-state index is 0.0858. The zero-order valence-electron chi connectivity index (χ0n) is 16.5. The number of aryl methyl sites for hydroxylation is 1. The Labute approximate surface area is 182 Å². The minimum Gasteiger partial charge on any atom is -0.479 e. The smallest absolute Gasteiger partial charge is 0.332 e. The van der Waals surface area contributed by atoms with Gasteiger partial charge < -0.3 is 19.9 Å². The number of halogens is 2. The number of amides is 1. The van der Waals surface area contributed by atoms with Crippen LogP contribution in [0.1, 0.15) is 28.4 Å². The molecule has 0 spiro atoms. The summed E-state index contributed by atoms with van der Waals surface area (Å²) in [6.07, 6.45) is -0.520. The van der Waals surface area contributed by atoms with Crippen LogP contribution in [0.25, 0.3) is 11.1 Å². The molecule has 0 saturated carbocycles. The Hall–Kier alpha value is -3.23. The first-order valence-corrected chi connectivity index (χ1v) is 9.79. The summed E-state index contributed by atoms with van der Waals surface area (Å²) in [5, 5.41) is 21.9. The maximum atomic E-state index is 14.7. The van der Waals surface area contributed by atoms with Gasteiger partial charge in [0.15, 0.2) is 6.10 Å². The zero-order chi connectivity index (χ0) is 22.5. The van der Waals surface area contributed by atoms with E-state index in [0.29, 0.717) is 27.5 Å². The Bertz CT molecular complexity index is 1100. The third-order valence-electron chi connectivity index (χ3n) is 4.59. The summed E-state index contributed by atoms with van der Waals surface area (Å²) in [5.41, 5.74) is 1.48. The Kier molecular flexibility index (Phi) is 7.04. The van der Waals surface area contributed by atoms with Crippen LogP contribution >= 0.6 is 11.6 Å². The molecule has 3 rings (SSSR count). The molecule has 31 heavy (non-hydrogen) atoms. The van der Waals surface area contributed by atoms with Crippen molar-refractivity contribution in [1.82, 2.24) is 10.3 Å². The molecular formula is C22H20ClFN2O5. The van der Waals surface area contributed by atoms with Gasteiger partial charge in [-0.05, 0) is 42.7 Å². The van der Waals surface area contributed by atoms with Crippen LogP contribution in [-0.2, 0) is 11.2 Å². The Morgan fingerprint density at radius 1 is 1.26 bits per heavy atom. The molecule has 0 aliphatic heterocycles. The van der Waals surface area contributed by atoms with Crippen molar-refractivity contribution < 1.29 is 28.6 Å². The fourth-order valence-electron chi connectivity index (χ4n) is 3.13. The third kappa shape index (κ3) is 5.90. The van der Waals surface area contributed by atoms with Crippen molar-refractivity contribution in [3.8, 4) is 11.1 Å². The molecule has 0 radical (unpaired) electrons. The van der Waals surface area contributed by atoms with E-state index in [9.17, 15) is 19.1 Å².